The summed E-state index contributed by atoms with van der Waals surface area (Å²) in [6.07, 6.45) is -3.40. The molecule has 0 bridgehead atoms. The summed E-state index contributed by atoms with van der Waals surface area (Å²) in [5.74, 6) is -0.771. The Balaban J connectivity index is 2.51. The molecular formula is C19H22F3N3O3. The second-order valence-corrected chi connectivity index (χ2v) is 6.35. The highest BCUT2D eigenvalue weighted by Gasteiger charge is 2.42. The van der Waals surface area contributed by atoms with E-state index in [1.165, 1.54) is 30.6 Å². The maximum atomic E-state index is 13.4. The van der Waals surface area contributed by atoms with E-state index in [4.69, 9.17) is 9.84 Å². The van der Waals surface area contributed by atoms with Crippen LogP contribution < -0.4 is 5.32 Å². The van der Waals surface area contributed by atoms with Crippen molar-refractivity contribution in [3.8, 4) is 0 Å². The van der Waals surface area contributed by atoms with Gasteiger partial charge in [0, 0.05) is 18.4 Å². The molecule has 0 fully saturated rings. The van der Waals surface area contributed by atoms with E-state index in [9.17, 15) is 18.0 Å². The molecule has 2 aromatic rings. The zero-order valence-electron chi connectivity index (χ0n) is 15.7. The van der Waals surface area contributed by atoms with E-state index in [2.05, 4.69) is 15.3 Å². The third-order valence-electron chi connectivity index (χ3n) is 4.34. The van der Waals surface area contributed by atoms with Gasteiger partial charge in [-0.1, -0.05) is 19.1 Å². The summed E-state index contributed by atoms with van der Waals surface area (Å²) in [5.41, 5.74) is 1.09. The van der Waals surface area contributed by atoms with Crippen molar-refractivity contribution in [2.75, 3.05) is 12.4 Å². The van der Waals surface area contributed by atoms with Gasteiger partial charge in [0.15, 0.2) is 6.10 Å². The van der Waals surface area contributed by atoms with Crippen LogP contribution in [0.1, 0.15) is 48.7 Å². The molecule has 1 aromatic carbocycles. The monoisotopic (exact) mass is 397 g/mol. The smallest absolute Gasteiger partial charge is 0.418 e. The molecule has 2 atom stereocenters. The molecule has 1 aromatic heterocycles. The summed E-state index contributed by atoms with van der Waals surface area (Å²) in [5, 5.41) is 12.0. The number of alkyl halides is 3. The second kappa shape index (κ2) is 9.01. The van der Waals surface area contributed by atoms with Crippen LogP contribution in [0.25, 0.3) is 0 Å². The molecule has 0 saturated heterocycles. The first kappa shape index (κ1) is 21.6. The quantitative estimate of drug-likeness (QED) is 0.669. The lowest BCUT2D eigenvalue weighted by molar-refractivity contribution is -0.215. The molecule has 6 nitrogen and oxygen atoms in total. The van der Waals surface area contributed by atoms with Crippen LogP contribution in [0.3, 0.4) is 0 Å². The van der Waals surface area contributed by atoms with Crippen molar-refractivity contribution in [1.82, 2.24) is 9.97 Å². The highest BCUT2D eigenvalue weighted by molar-refractivity contribution is 5.69. The highest BCUT2D eigenvalue weighted by Crippen LogP contribution is 2.41. The maximum Gasteiger partial charge on any atom is 0.418 e. The maximum absolute atomic E-state index is 13.4. The van der Waals surface area contributed by atoms with Crippen molar-refractivity contribution < 1.29 is 27.8 Å². The number of methoxy groups -OCH3 is 1. The lowest BCUT2D eigenvalue weighted by Crippen LogP contribution is -2.23. The minimum absolute atomic E-state index is 0.107. The number of hydrogen-bond acceptors (Lipinski definition) is 5. The Morgan fingerprint density at radius 2 is 1.93 bits per heavy atom. The van der Waals surface area contributed by atoms with Gasteiger partial charge in [0.05, 0.1) is 24.5 Å². The van der Waals surface area contributed by atoms with Crippen molar-refractivity contribution in [3.05, 3.63) is 47.5 Å². The van der Waals surface area contributed by atoms with E-state index in [1.807, 2.05) is 6.92 Å². The Morgan fingerprint density at radius 3 is 2.43 bits per heavy atom. The number of anilines is 2. The average Bonchev–Trinajstić information content (AvgIpc) is 2.62. The van der Waals surface area contributed by atoms with E-state index in [1.54, 1.807) is 6.92 Å². The molecule has 28 heavy (non-hydrogen) atoms. The molecule has 2 N–H and O–H groups in total. The average molecular weight is 397 g/mol. The molecule has 0 saturated carbocycles. The molecule has 0 aliphatic carbocycles. The molecular weight excluding hydrogens is 375 g/mol. The number of carboxylic acids is 1. The Hall–Kier alpha value is -2.68. The minimum Gasteiger partial charge on any atom is -0.481 e. The van der Waals surface area contributed by atoms with Gasteiger partial charge in [-0.2, -0.15) is 13.2 Å². The number of rotatable bonds is 8. The van der Waals surface area contributed by atoms with E-state index in [0.717, 1.165) is 7.11 Å². The van der Waals surface area contributed by atoms with E-state index in [-0.39, 0.29) is 23.6 Å². The van der Waals surface area contributed by atoms with Crippen LogP contribution in [0.15, 0.2) is 30.6 Å². The van der Waals surface area contributed by atoms with Crippen molar-refractivity contribution in [3.63, 3.8) is 0 Å². The predicted octanol–water partition coefficient (Wildman–Crippen LogP) is 4.75. The van der Waals surface area contributed by atoms with E-state index >= 15 is 0 Å². The van der Waals surface area contributed by atoms with Crippen LogP contribution in [-0.2, 0) is 9.53 Å². The van der Waals surface area contributed by atoms with Crippen molar-refractivity contribution in [2.45, 2.75) is 44.9 Å². The normalized spacial score (nSPS) is 13.8. The lowest BCUT2D eigenvalue weighted by atomic mass is 9.91. The number of aryl methyl sites for hydroxylation is 1. The van der Waals surface area contributed by atoms with Crippen LogP contribution in [0, 0.1) is 6.92 Å². The summed E-state index contributed by atoms with van der Waals surface area (Å²) in [6.45, 7) is 3.52. The summed E-state index contributed by atoms with van der Waals surface area (Å²) in [7, 11) is 0.990. The third kappa shape index (κ3) is 5.41. The van der Waals surface area contributed by atoms with Crippen LogP contribution in [0.4, 0.5) is 24.5 Å². The molecule has 0 aliphatic heterocycles. The Labute approximate surface area is 160 Å². The summed E-state index contributed by atoms with van der Waals surface area (Å²) >= 11 is 0. The number of benzene rings is 1. The van der Waals surface area contributed by atoms with Crippen LogP contribution in [-0.4, -0.2) is 34.3 Å². The topological polar surface area (TPSA) is 84.3 Å². The summed E-state index contributed by atoms with van der Waals surface area (Å²) in [6, 6.07) is 4.37. The van der Waals surface area contributed by atoms with Crippen LogP contribution >= 0.6 is 0 Å². The van der Waals surface area contributed by atoms with Gasteiger partial charge < -0.3 is 15.2 Å². The highest BCUT2D eigenvalue weighted by atomic mass is 19.4. The third-order valence-corrected chi connectivity index (χ3v) is 4.34. The first-order valence-corrected chi connectivity index (χ1v) is 8.66. The van der Waals surface area contributed by atoms with E-state index in [0.29, 0.717) is 23.5 Å². The molecule has 0 unspecified atom stereocenters. The lowest BCUT2D eigenvalue weighted by Gasteiger charge is -2.24. The molecule has 0 radical (unpaired) electrons. The SMILES string of the molecule is CC[C@H](CC(=O)O)c1ccc([C@H](OC)C(F)(F)F)c(Nc2cnc(C)nc2)c1. The fourth-order valence-electron chi connectivity index (χ4n) is 2.92. The van der Waals surface area contributed by atoms with E-state index < -0.39 is 18.2 Å². The summed E-state index contributed by atoms with van der Waals surface area (Å²) in [4.78, 5) is 19.2. The molecule has 2 rings (SSSR count). The number of hydrogen-bond donors (Lipinski definition) is 2. The molecule has 0 aliphatic rings. The fraction of sp³-hybridized carbons (Fsp3) is 0.421. The van der Waals surface area contributed by atoms with Gasteiger partial charge in [-0.3, -0.25) is 4.79 Å². The van der Waals surface area contributed by atoms with Crippen molar-refractivity contribution in [2.24, 2.45) is 0 Å². The van der Waals surface area contributed by atoms with Gasteiger partial charge in [-0.05, 0) is 30.9 Å². The standard InChI is InChI=1S/C19H22F3N3O3/c1-4-12(8-17(26)27)13-5-6-15(18(28-3)19(20,21)22)16(7-13)25-14-9-23-11(2)24-10-14/h5-7,9-10,12,18,25H,4,8H2,1-3H3,(H,26,27)/t12-,18+/m1/s1. The minimum atomic E-state index is -4.61. The molecule has 152 valence electrons. The van der Waals surface area contributed by atoms with Gasteiger partial charge >= 0.3 is 12.1 Å². The van der Waals surface area contributed by atoms with Crippen LogP contribution in [0.2, 0.25) is 0 Å². The number of carboxylic acid groups (broad SMARTS) is 1. The van der Waals surface area contributed by atoms with Gasteiger partial charge in [-0.25, -0.2) is 9.97 Å². The van der Waals surface area contributed by atoms with Crippen LogP contribution in [0.5, 0.6) is 0 Å². The molecule has 9 heteroatoms. The number of aromatic nitrogens is 2. The Bertz CT molecular complexity index is 810. The number of nitrogens with one attached hydrogen (secondary N) is 1. The molecule has 1 heterocycles. The van der Waals surface area contributed by atoms with Gasteiger partial charge in [0.2, 0.25) is 0 Å². The Morgan fingerprint density at radius 1 is 1.29 bits per heavy atom. The number of ether oxygens (including phenoxy) is 1. The number of aliphatic carboxylic acids is 1. The van der Waals surface area contributed by atoms with Crippen molar-refractivity contribution in [1.29, 1.82) is 0 Å². The van der Waals surface area contributed by atoms with Gasteiger partial charge in [0.1, 0.15) is 5.82 Å². The zero-order valence-corrected chi connectivity index (χ0v) is 15.7. The zero-order chi connectivity index (χ0) is 20.9. The molecule has 0 spiro atoms. The first-order valence-electron chi connectivity index (χ1n) is 8.66. The van der Waals surface area contributed by atoms with Crippen molar-refractivity contribution >= 4 is 17.3 Å². The number of carbonyl (C=O) groups is 1. The number of halogens is 3. The van der Waals surface area contributed by atoms with Gasteiger partial charge in [-0.15, -0.1) is 0 Å². The predicted molar refractivity (Wildman–Crippen MR) is 97.6 cm³/mol. The molecule has 0 amide bonds. The number of nitrogens with zero attached hydrogens (tertiary/aromatic N) is 2. The fourth-order valence-corrected chi connectivity index (χ4v) is 2.92. The summed E-state index contributed by atoms with van der Waals surface area (Å²) < 4.78 is 45.0. The largest absolute Gasteiger partial charge is 0.481 e. The Kier molecular flexibility index (Phi) is 6.95. The first-order chi connectivity index (χ1) is 13.2. The van der Waals surface area contributed by atoms with Gasteiger partial charge in [0.25, 0.3) is 0 Å². The second-order valence-electron chi connectivity index (χ2n) is 6.35.